The Kier molecular flexibility index (Phi) is 4.19. The smallest absolute Gasteiger partial charge is 0.146 e. The molecular weight excluding hydrogens is 231 g/mol. The number of para-hydroxylation sites is 1. The molecule has 1 aliphatic rings. The Morgan fingerprint density at radius 3 is 2.94 bits per heavy atom. The minimum absolute atomic E-state index is 0.00755. The molecule has 3 N–H and O–H groups in total. The third-order valence-corrected chi connectivity index (χ3v) is 3.63. The van der Waals surface area contributed by atoms with E-state index in [4.69, 9.17) is 5.73 Å². The Bertz CT molecular complexity index is 409. The van der Waals surface area contributed by atoms with E-state index in [1.54, 1.807) is 6.07 Å². The lowest BCUT2D eigenvalue weighted by atomic mass is 9.98. The van der Waals surface area contributed by atoms with Crippen LogP contribution in [0, 0.1) is 5.82 Å². The van der Waals surface area contributed by atoms with Crippen LogP contribution in [0.3, 0.4) is 0 Å². The maximum atomic E-state index is 14.1. The van der Waals surface area contributed by atoms with E-state index in [9.17, 15) is 9.50 Å². The summed E-state index contributed by atoms with van der Waals surface area (Å²) in [4.78, 5) is 1.98. The first-order valence-electron chi connectivity index (χ1n) is 6.56. The zero-order valence-corrected chi connectivity index (χ0v) is 10.8. The molecule has 18 heavy (non-hydrogen) atoms. The molecule has 0 radical (unpaired) electrons. The predicted molar refractivity (Wildman–Crippen MR) is 71.1 cm³/mol. The van der Waals surface area contributed by atoms with Crippen molar-refractivity contribution in [1.82, 2.24) is 0 Å². The number of anilines is 1. The fraction of sp³-hybridized carbons (Fsp3) is 0.571. The summed E-state index contributed by atoms with van der Waals surface area (Å²) in [5, 5.41) is 9.45. The highest BCUT2D eigenvalue weighted by molar-refractivity contribution is 5.57. The largest absolute Gasteiger partial charge is 0.394 e. The summed E-state index contributed by atoms with van der Waals surface area (Å²) in [6.07, 6.45) is 3.02. The number of nitrogens with two attached hydrogens (primary N) is 1. The minimum atomic E-state index is -0.245. The third kappa shape index (κ3) is 2.49. The zero-order chi connectivity index (χ0) is 13.1. The van der Waals surface area contributed by atoms with Crippen molar-refractivity contribution in [3.63, 3.8) is 0 Å². The van der Waals surface area contributed by atoms with Crippen LogP contribution in [0.15, 0.2) is 18.2 Å². The molecule has 0 aliphatic carbocycles. The summed E-state index contributed by atoms with van der Waals surface area (Å²) in [7, 11) is 0. The number of hydrogen-bond donors (Lipinski definition) is 2. The first-order chi connectivity index (χ1) is 8.65. The number of hydrogen-bond acceptors (Lipinski definition) is 3. The van der Waals surface area contributed by atoms with Crippen molar-refractivity contribution in [2.75, 3.05) is 18.1 Å². The predicted octanol–water partition coefficient (Wildman–Crippen LogP) is 2.20. The Hall–Kier alpha value is -1.13. The molecule has 100 valence electrons. The van der Waals surface area contributed by atoms with Gasteiger partial charge < -0.3 is 15.7 Å². The molecule has 1 aromatic carbocycles. The van der Waals surface area contributed by atoms with Crippen LogP contribution in [0.5, 0.6) is 0 Å². The molecule has 0 amide bonds. The van der Waals surface area contributed by atoms with Gasteiger partial charge in [0.05, 0.1) is 18.3 Å². The summed E-state index contributed by atoms with van der Waals surface area (Å²) in [6.45, 7) is 2.70. The van der Waals surface area contributed by atoms with Crippen molar-refractivity contribution >= 4 is 5.69 Å². The van der Waals surface area contributed by atoms with E-state index >= 15 is 0 Å². The lowest BCUT2D eigenvalue weighted by Gasteiger charge is -2.38. The van der Waals surface area contributed by atoms with Gasteiger partial charge in [-0.15, -0.1) is 0 Å². The Balaban J connectivity index is 2.41. The molecule has 2 atom stereocenters. The summed E-state index contributed by atoms with van der Waals surface area (Å²) < 4.78 is 14.1. The van der Waals surface area contributed by atoms with Crippen molar-refractivity contribution < 1.29 is 9.50 Å². The molecule has 0 bridgehead atoms. The first-order valence-corrected chi connectivity index (χ1v) is 6.56. The average Bonchev–Trinajstić information content (AvgIpc) is 2.38. The summed E-state index contributed by atoms with van der Waals surface area (Å²) in [6, 6.07) is 4.82. The van der Waals surface area contributed by atoms with Gasteiger partial charge in [0.15, 0.2) is 0 Å². The van der Waals surface area contributed by atoms with Gasteiger partial charge in [-0.2, -0.15) is 0 Å². The maximum Gasteiger partial charge on any atom is 0.146 e. The molecule has 3 nitrogen and oxygen atoms in total. The summed E-state index contributed by atoms with van der Waals surface area (Å²) >= 11 is 0. The van der Waals surface area contributed by atoms with Crippen LogP contribution >= 0.6 is 0 Å². The molecule has 1 heterocycles. The number of benzene rings is 1. The molecule has 1 aromatic rings. The molecule has 1 saturated heterocycles. The van der Waals surface area contributed by atoms with Crippen LogP contribution in [0.1, 0.15) is 37.8 Å². The fourth-order valence-corrected chi connectivity index (χ4v) is 2.69. The van der Waals surface area contributed by atoms with E-state index in [1.807, 2.05) is 17.9 Å². The van der Waals surface area contributed by atoms with E-state index in [-0.39, 0.29) is 24.5 Å². The van der Waals surface area contributed by atoms with Crippen LogP contribution in [0.2, 0.25) is 0 Å². The van der Waals surface area contributed by atoms with Crippen LogP contribution in [0.25, 0.3) is 0 Å². The highest BCUT2D eigenvalue weighted by atomic mass is 19.1. The second kappa shape index (κ2) is 5.67. The first kappa shape index (κ1) is 13.3. The number of piperidine rings is 1. The van der Waals surface area contributed by atoms with Crippen LogP contribution in [-0.4, -0.2) is 24.3 Å². The standard InChI is InChI=1S/C14H21FN2O/c1-10(16)12-6-4-7-13(15)14(12)17-8-3-2-5-11(17)9-18/h4,6-7,10-11,18H,2-3,5,8-9,16H2,1H3/t10-,11?/m1/s1. The van der Waals surface area contributed by atoms with Crippen LogP contribution in [0.4, 0.5) is 10.1 Å². The van der Waals surface area contributed by atoms with Gasteiger partial charge in [-0.05, 0) is 37.8 Å². The number of aliphatic hydroxyl groups is 1. The van der Waals surface area contributed by atoms with Crippen molar-refractivity contribution in [1.29, 1.82) is 0 Å². The molecule has 1 unspecified atom stereocenters. The second-order valence-electron chi connectivity index (χ2n) is 4.99. The third-order valence-electron chi connectivity index (χ3n) is 3.63. The quantitative estimate of drug-likeness (QED) is 0.867. The number of rotatable bonds is 3. The SMILES string of the molecule is C[C@@H](N)c1cccc(F)c1N1CCCCC1CO. The van der Waals surface area contributed by atoms with Crippen molar-refractivity contribution in [2.45, 2.75) is 38.3 Å². The lowest BCUT2D eigenvalue weighted by molar-refractivity contribution is 0.239. The number of halogens is 1. The zero-order valence-electron chi connectivity index (χ0n) is 10.8. The molecule has 1 fully saturated rings. The van der Waals surface area contributed by atoms with Crippen molar-refractivity contribution in [3.8, 4) is 0 Å². The van der Waals surface area contributed by atoms with E-state index in [2.05, 4.69) is 0 Å². The van der Waals surface area contributed by atoms with Crippen LogP contribution < -0.4 is 10.6 Å². The average molecular weight is 252 g/mol. The molecule has 0 saturated carbocycles. The fourth-order valence-electron chi connectivity index (χ4n) is 2.69. The van der Waals surface area contributed by atoms with Gasteiger partial charge in [0.2, 0.25) is 0 Å². The number of aliphatic hydroxyl groups excluding tert-OH is 1. The van der Waals surface area contributed by atoms with Gasteiger partial charge in [0.25, 0.3) is 0 Å². The van der Waals surface area contributed by atoms with E-state index in [1.165, 1.54) is 6.07 Å². The molecule has 0 spiro atoms. The molecule has 1 aliphatic heterocycles. The van der Waals surface area contributed by atoms with E-state index in [0.717, 1.165) is 31.4 Å². The number of nitrogens with zero attached hydrogens (tertiary/aromatic N) is 1. The monoisotopic (exact) mass is 252 g/mol. The van der Waals surface area contributed by atoms with E-state index in [0.29, 0.717) is 5.69 Å². The minimum Gasteiger partial charge on any atom is -0.394 e. The van der Waals surface area contributed by atoms with Crippen molar-refractivity contribution in [2.24, 2.45) is 5.73 Å². The van der Waals surface area contributed by atoms with Gasteiger partial charge >= 0.3 is 0 Å². The highest BCUT2D eigenvalue weighted by Crippen LogP contribution is 2.32. The van der Waals surface area contributed by atoms with Gasteiger partial charge in [-0.25, -0.2) is 4.39 Å². The molecule has 2 rings (SSSR count). The molecular formula is C14H21FN2O. The van der Waals surface area contributed by atoms with Crippen molar-refractivity contribution in [3.05, 3.63) is 29.6 Å². The second-order valence-corrected chi connectivity index (χ2v) is 4.99. The van der Waals surface area contributed by atoms with E-state index < -0.39 is 0 Å². The van der Waals surface area contributed by atoms with Crippen LogP contribution in [-0.2, 0) is 0 Å². The van der Waals surface area contributed by atoms with Gasteiger partial charge in [0, 0.05) is 12.6 Å². The molecule has 4 heteroatoms. The highest BCUT2D eigenvalue weighted by Gasteiger charge is 2.26. The maximum absolute atomic E-state index is 14.1. The van der Waals surface area contributed by atoms with Gasteiger partial charge in [-0.3, -0.25) is 0 Å². The topological polar surface area (TPSA) is 49.5 Å². The summed E-state index contributed by atoms with van der Waals surface area (Å²) in [5.74, 6) is -0.245. The lowest BCUT2D eigenvalue weighted by Crippen LogP contribution is -2.43. The Morgan fingerprint density at radius 1 is 1.50 bits per heavy atom. The van der Waals surface area contributed by atoms with Gasteiger partial charge in [-0.1, -0.05) is 12.1 Å². The van der Waals surface area contributed by atoms with Gasteiger partial charge in [0.1, 0.15) is 5.82 Å². The molecule has 0 aromatic heterocycles. The summed E-state index contributed by atoms with van der Waals surface area (Å²) in [5.41, 5.74) is 7.31. The Labute approximate surface area is 107 Å². The Morgan fingerprint density at radius 2 is 2.28 bits per heavy atom. The normalized spacial score (nSPS) is 22.0.